The Kier molecular flexibility index (Phi) is 4.44. The van der Waals surface area contributed by atoms with Crippen LogP contribution in [0.4, 0.5) is 0 Å². The summed E-state index contributed by atoms with van der Waals surface area (Å²) in [4.78, 5) is 0.220. The number of hydrogen-bond donors (Lipinski definition) is 2. The first-order chi connectivity index (χ1) is 9.69. The van der Waals surface area contributed by atoms with Crippen LogP contribution in [0, 0.1) is 0 Å². The number of hydroxylamine groups is 3. The molecule has 5 nitrogen and oxygen atoms in total. The Labute approximate surface area is 126 Å². The maximum atomic E-state index is 11.6. The van der Waals surface area contributed by atoms with Gasteiger partial charge in [-0.2, -0.15) is 4.65 Å². The van der Waals surface area contributed by atoms with Crippen molar-refractivity contribution in [2.45, 2.75) is 36.7 Å². The number of aliphatic hydroxyl groups is 1. The maximum absolute atomic E-state index is 11.6. The molecule has 0 saturated carbocycles. The van der Waals surface area contributed by atoms with Gasteiger partial charge in [0.25, 0.3) is 0 Å². The van der Waals surface area contributed by atoms with Gasteiger partial charge in [-0.05, 0) is 24.1 Å². The van der Waals surface area contributed by atoms with Gasteiger partial charge in [-0.15, -0.1) is 0 Å². The molecule has 0 bridgehead atoms. The second-order valence-electron chi connectivity index (χ2n) is 6.10. The average Bonchev–Trinajstić information content (AvgIpc) is 2.42. The van der Waals surface area contributed by atoms with Crippen LogP contribution in [0.15, 0.2) is 29.2 Å². The van der Waals surface area contributed by atoms with Crippen LogP contribution in [0.5, 0.6) is 0 Å². The van der Waals surface area contributed by atoms with Crippen molar-refractivity contribution in [3.63, 3.8) is 0 Å². The molecule has 0 spiro atoms. The molecule has 0 amide bonds. The highest BCUT2D eigenvalue weighted by Crippen LogP contribution is 2.35. The molecule has 2 N–H and O–H groups in total. The number of likely N-dealkylation sites (tertiary alicyclic amines) is 1. The van der Waals surface area contributed by atoms with Crippen LogP contribution in [-0.4, -0.2) is 49.3 Å². The molecule has 21 heavy (non-hydrogen) atoms. The Hall–Kier alpha value is -0.950. The van der Waals surface area contributed by atoms with E-state index in [0.29, 0.717) is 38.0 Å². The minimum atomic E-state index is -3.29. The van der Waals surface area contributed by atoms with Crippen molar-refractivity contribution in [3.05, 3.63) is 29.8 Å². The molecule has 0 radical (unpaired) electrons. The lowest BCUT2D eigenvalue weighted by Crippen LogP contribution is -2.54. The Balaban J connectivity index is 2.23. The van der Waals surface area contributed by atoms with Crippen LogP contribution in [0.25, 0.3) is 0 Å². The summed E-state index contributed by atoms with van der Waals surface area (Å²) in [6.45, 7) is 3.66. The van der Waals surface area contributed by atoms with E-state index < -0.39 is 15.4 Å². The fraction of sp³-hybridized carbons (Fsp3) is 0.600. The largest absolute Gasteiger partial charge is 0.385 e. The first kappa shape index (κ1) is 16.4. The summed E-state index contributed by atoms with van der Waals surface area (Å²) in [5.74, 6) is 0. The molecule has 118 valence electrons. The van der Waals surface area contributed by atoms with Gasteiger partial charge in [0.05, 0.1) is 4.90 Å². The van der Waals surface area contributed by atoms with Crippen LogP contribution in [-0.2, 0) is 15.4 Å². The van der Waals surface area contributed by atoms with E-state index in [9.17, 15) is 18.7 Å². The number of sulfone groups is 1. The molecular weight excluding hydrogens is 290 g/mol. The summed E-state index contributed by atoms with van der Waals surface area (Å²) >= 11 is 0. The fourth-order valence-electron chi connectivity index (χ4n) is 2.97. The van der Waals surface area contributed by atoms with E-state index in [4.69, 9.17) is 0 Å². The van der Waals surface area contributed by atoms with Crippen molar-refractivity contribution in [3.8, 4) is 0 Å². The molecule has 6 heteroatoms. The van der Waals surface area contributed by atoms with E-state index in [-0.39, 0.29) is 9.54 Å². The van der Waals surface area contributed by atoms with E-state index >= 15 is 0 Å². The number of nitrogens with zero attached hydrogens (tertiary/aromatic N) is 1. The molecule has 1 aromatic carbocycles. The zero-order valence-corrected chi connectivity index (χ0v) is 13.4. The van der Waals surface area contributed by atoms with Gasteiger partial charge in [-0.3, -0.25) is 0 Å². The number of quaternary nitrogens is 1. The van der Waals surface area contributed by atoms with Crippen LogP contribution in [0.3, 0.4) is 0 Å². The second kappa shape index (κ2) is 5.68. The standard InChI is InChI=1S/C15H24NO4S/c1-3-9-16(18)10-7-15(17,8-11-16)13-5-4-6-14(12-13)21(2,19)20/h4-6,12,17-18H,3,7-11H2,1-2H3/q+1. The van der Waals surface area contributed by atoms with Crippen LogP contribution >= 0.6 is 0 Å². The lowest BCUT2D eigenvalue weighted by atomic mass is 9.84. The molecule has 1 aliphatic rings. The summed E-state index contributed by atoms with van der Waals surface area (Å²) in [6.07, 6.45) is 2.90. The number of benzene rings is 1. The van der Waals surface area contributed by atoms with Gasteiger partial charge in [0, 0.05) is 19.1 Å². The molecule has 1 aliphatic heterocycles. The molecule has 0 aliphatic carbocycles. The highest BCUT2D eigenvalue weighted by molar-refractivity contribution is 7.90. The molecule has 0 unspecified atom stereocenters. The predicted molar refractivity (Wildman–Crippen MR) is 79.6 cm³/mol. The summed E-state index contributed by atoms with van der Waals surface area (Å²) in [7, 11) is -3.29. The summed E-state index contributed by atoms with van der Waals surface area (Å²) in [6, 6.07) is 6.50. The van der Waals surface area contributed by atoms with E-state index in [2.05, 4.69) is 0 Å². The fourth-order valence-corrected chi connectivity index (χ4v) is 3.63. The van der Waals surface area contributed by atoms with Crippen LogP contribution in [0.2, 0.25) is 0 Å². The van der Waals surface area contributed by atoms with Gasteiger partial charge in [-0.1, -0.05) is 19.1 Å². The number of piperidine rings is 1. The van der Waals surface area contributed by atoms with Crippen LogP contribution < -0.4 is 0 Å². The van der Waals surface area contributed by atoms with Gasteiger partial charge in [0.1, 0.15) is 25.2 Å². The van der Waals surface area contributed by atoms with E-state index in [0.717, 1.165) is 12.7 Å². The smallest absolute Gasteiger partial charge is 0.175 e. The number of hydrogen-bond acceptors (Lipinski definition) is 4. The average molecular weight is 314 g/mol. The quantitative estimate of drug-likeness (QED) is 0.829. The first-order valence-electron chi connectivity index (χ1n) is 7.30. The molecule has 2 rings (SSSR count). The molecule has 1 heterocycles. The number of rotatable bonds is 4. The summed E-state index contributed by atoms with van der Waals surface area (Å²) < 4.78 is 23.3. The van der Waals surface area contributed by atoms with Crippen molar-refractivity contribution in [2.75, 3.05) is 25.9 Å². The third-order valence-corrected chi connectivity index (χ3v) is 5.43. The van der Waals surface area contributed by atoms with Crippen molar-refractivity contribution in [1.29, 1.82) is 0 Å². The van der Waals surface area contributed by atoms with Gasteiger partial charge in [0.15, 0.2) is 9.84 Å². The molecule has 1 fully saturated rings. The maximum Gasteiger partial charge on any atom is 0.175 e. The first-order valence-corrected chi connectivity index (χ1v) is 9.19. The predicted octanol–water partition coefficient (Wildman–Crippen LogP) is 1.69. The lowest BCUT2D eigenvalue weighted by Gasteiger charge is -2.41. The van der Waals surface area contributed by atoms with Gasteiger partial charge in [0.2, 0.25) is 0 Å². The third kappa shape index (κ3) is 3.63. The van der Waals surface area contributed by atoms with Crippen molar-refractivity contribution >= 4 is 9.84 Å². The summed E-state index contributed by atoms with van der Waals surface area (Å²) in [5.41, 5.74) is -0.438. The Bertz CT molecular complexity index is 604. The lowest BCUT2D eigenvalue weighted by molar-refractivity contribution is -1.11. The molecule has 0 aromatic heterocycles. The minimum Gasteiger partial charge on any atom is -0.385 e. The molecule has 1 aromatic rings. The monoisotopic (exact) mass is 314 g/mol. The summed E-state index contributed by atoms with van der Waals surface area (Å²) in [5, 5.41) is 21.2. The minimum absolute atomic E-state index is 0.00935. The third-order valence-electron chi connectivity index (χ3n) is 4.32. The highest BCUT2D eigenvalue weighted by Gasteiger charge is 2.42. The zero-order chi connectivity index (χ0) is 15.7. The van der Waals surface area contributed by atoms with Crippen LogP contribution in [0.1, 0.15) is 31.7 Å². The van der Waals surface area contributed by atoms with Gasteiger partial charge in [-0.25, -0.2) is 13.6 Å². The molecule has 0 atom stereocenters. The van der Waals surface area contributed by atoms with Crippen molar-refractivity contribution in [1.82, 2.24) is 0 Å². The van der Waals surface area contributed by atoms with Gasteiger partial charge >= 0.3 is 0 Å². The van der Waals surface area contributed by atoms with Crippen molar-refractivity contribution < 1.29 is 23.4 Å². The Morgan fingerprint density at radius 2 is 1.90 bits per heavy atom. The van der Waals surface area contributed by atoms with E-state index in [1.54, 1.807) is 18.2 Å². The Morgan fingerprint density at radius 3 is 2.43 bits per heavy atom. The SMILES string of the molecule is CCC[N+]1(O)CCC(O)(c2cccc(S(C)(=O)=O)c2)CC1. The Morgan fingerprint density at radius 1 is 1.29 bits per heavy atom. The second-order valence-corrected chi connectivity index (χ2v) is 8.11. The molecular formula is C15H24NO4S+. The van der Waals surface area contributed by atoms with E-state index in [1.165, 1.54) is 6.07 Å². The van der Waals surface area contributed by atoms with Gasteiger partial charge < -0.3 is 5.11 Å². The highest BCUT2D eigenvalue weighted by atomic mass is 32.2. The topological polar surface area (TPSA) is 74.6 Å². The zero-order valence-electron chi connectivity index (χ0n) is 12.6. The normalized spacial score (nSPS) is 30.3. The van der Waals surface area contributed by atoms with E-state index in [1.807, 2.05) is 6.92 Å². The van der Waals surface area contributed by atoms with Crippen molar-refractivity contribution in [2.24, 2.45) is 0 Å². The molecule has 1 saturated heterocycles.